The van der Waals surface area contributed by atoms with Crippen LogP contribution in [0.2, 0.25) is 0 Å². The molecule has 12 heavy (non-hydrogen) atoms. The van der Waals surface area contributed by atoms with Crippen LogP contribution >= 0.6 is 27.3 Å². The van der Waals surface area contributed by atoms with Gasteiger partial charge in [0, 0.05) is 28.4 Å². The van der Waals surface area contributed by atoms with Crippen molar-refractivity contribution in [3.8, 4) is 0 Å². The molecule has 4 heteroatoms. The first-order chi connectivity index (χ1) is 5.62. The average molecular weight is 250 g/mol. The van der Waals surface area contributed by atoms with E-state index >= 15 is 0 Å². The third kappa shape index (κ3) is 1.88. The highest BCUT2D eigenvalue weighted by molar-refractivity contribution is 9.10. The number of ether oxygens (including phenoxy) is 1. The smallest absolute Gasteiger partial charge is 0.111 e. The van der Waals surface area contributed by atoms with Gasteiger partial charge in [0.1, 0.15) is 5.60 Å². The van der Waals surface area contributed by atoms with Crippen molar-refractivity contribution >= 4 is 27.3 Å². The number of halogens is 1. The SMILES string of the molecule is COC(C)(CN)c1cc(Br)cs1. The van der Waals surface area contributed by atoms with Crippen LogP contribution in [0.3, 0.4) is 0 Å². The highest BCUT2D eigenvalue weighted by atomic mass is 79.9. The van der Waals surface area contributed by atoms with Gasteiger partial charge in [-0.2, -0.15) is 0 Å². The van der Waals surface area contributed by atoms with Gasteiger partial charge in [-0.3, -0.25) is 0 Å². The van der Waals surface area contributed by atoms with Crippen molar-refractivity contribution in [1.29, 1.82) is 0 Å². The van der Waals surface area contributed by atoms with E-state index in [1.807, 2.05) is 18.4 Å². The molecule has 1 unspecified atom stereocenters. The molecule has 0 bridgehead atoms. The summed E-state index contributed by atoms with van der Waals surface area (Å²) in [7, 11) is 1.68. The Balaban J connectivity index is 2.94. The second-order valence-corrected chi connectivity index (χ2v) is 4.60. The van der Waals surface area contributed by atoms with E-state index in [4.69, 9.17) is 10.5 Å². The first kappa shape index (κ1) is 10.2. The van der Waals surface area contributed by atoms with Crippen LogP contribution in [-0.4, -0.2) is 13.7 Å². The number of thiophene rings is 1. The molecule has 0 saturated carbocycles. The van der Waals surface area contributed by atoms with Crippen LogP contribution in [0.1, 0.15) is 11.8 Å². The predicted molar refractivity (Wildman–Crippen MR) is 55.4 cm³/mol. The fraction of sp³-hybridized carbons (Fsp3) is 0.500. The van der Waals surface area contributed by atoms with E-state index in [2.05, 4.69) is 15.9 Å². The molecule has 0 radical (unpaired) electrons. The molecule has 0 saturated heterocycles. The molecule has 0 aliphatic heterocycles. The van der Waals surface area contributed by atoms with Crippen molar-refractivity contribution in [2.45, 2.75) is 12.5 Å². The summed E-state index contributed by atoms with van der Waals surface area (Å²) in [6.07, 6.45) is 0. The molecule has 0 fully saturated rings. The Hall–Kier alpha value is 0.1000. The summed E-state index contributed by atoms with van der Waals surface area (Å²) in [5.74, 6) is 0. The van der Waals surface area contributed by atoms with Gasteiger partial charge in [-0.25, -0.2) is 0 Å². The van der Waals surface area contributed by atoms with Crippen molar-refractivity contribution in [1.82, 2.24) is 0 Å². The van der Waals surface area contributed by atoms with Gasteiger partial charge in [0.15, 0.2) is 0 Å². The lowest BCUT2D eigenvalue weighted by Gasteiger charge is -2.24. The Bertz CT molecular complexity index is 257. The summed E-state index contributed by atoms with van der Waals surface area (Å²) >= 11 is 5.05. The summed E-state index contributed by atoms with van der Waals surface area (Å²) in [6, 6.07) is 2.04. The minimum Gasteiger partial charge on any atom is -0.372 e. The van der Waals surface area contributed by atoms with E-state index in [1.165, 1.54) is 0 Å². The minimum absolute atomic E-state index is 0.337. The first-order valence-corrected chi connectivity index (χ1v) is 5.29. The summed E-state index contributed by atoms with van der Waals surface area (Å²) in [5.41, 5.74) is 5.29. The Labute approximate surface area is 84.9 Å². The predicted octanol–water partition coefficient (Wildman–Crippen LogP) is 2.33. The molecule has 1 atom stereocenters. The fourth-order valence-electron chi connectivity index (χ4n) is 0.875. The standard InChI is InChI=1S/C8H12BrNOS/c1-8(5-10,11-2)7-3-6(9)4-12-7/h3-4H,5,10H2,1-2H3. The van der Waals surface area contributed by atoms with Gasteiger partial charge >= 0.3 is 0 Å². The lowest BCUT2D eigenvalue weighted by Crippen LogP contribution is -2.32. The largest absolute Gasteiger partial charge is 0.372 e. The van der Waals surface area contributed by atoms with E-state index in [0.717, 1.165) is 9.35 Å². The monoisotopic (exact) mass is 249 g/mol. The molecular formula is C8H12BrNOS. The van der Waals surface area contributed by atoms with Crippen molar-refractivity contribution < 1.29 is 4.74 Å². The number of hydrogen-bond donors (Lipinski definition) is 1. The van der Waals surface area contributed by atoms with Gasteiger partial charge in [0.05, 0.1) is 0 Å². The van der Waals surface area contributed by atoms with Gasteiger partial charge in [-0.15, -0.1) is 11.3 Å². The zero-order valence-electron chi connectivity index (χ0n) is 7.13. The molecule has 2 nitrogen and oxygen atoms in total. The van der Waals surface area contributed by atoms with Crippen LogP contribution in [0, 0.1) is 0 Å². The number of methoxy groups -OCH3 is 1. The topological polar surface area (TPSA) is 35.2 Å². The summed E-state index contributed by atoms with van der Waals surface area (Å²) in [4.78, 5) is 1.15. The van der Waals surface area contributed by atoms with Gasteiger partial charge in [-0.1, -0.05) is 0 Å². The van der Waals surface area contributed by atoms with Crippen LogP contribution in [0.25, 0.3) is 0 Å². The third-order valence-corrected chi connectivity index (χ3v) is 3.86. The molecule has 0 spiro atoms. The molecule has 0 amide bonds. The highest BCUT2D eigenvalue weighted by Gasteiger charge is 2.25. The molecule has 1 aromatic heterocycles. The lowest BCUT2D eigenvalue weighted by atomic mass is 10.1. The lowest BCUT2D eigenvalue weighted by molar-refractivity contribution is 0.0132. The summed E-state index contributed by atoms with van der Waals surface area (Å²) < 4.78 is 6.43. The maximum Gasteiger partial charge on any atom is 0.111 e. The number of nitrogens with two attached hydrogens (primary N) is 1. The molecular weight excluding hydrogens is 238 g/mol. The fourth-order valence-corrected chi connectivity index (χ4v) is 2.45. The maximum atomic E-state index is 5.63. The van der Waals surface area contributed by atoms with Crippen LogP contribution in [0.15, 0.2) is 15.9 Å². The van der Waals surface area contributed by atoms with Crippen LogP contribution in [-0.2, 0) is 10.3 Å². The van der Waals surface area contributed by atoms with Gasteiger partial charge in [-0.05, 0) is 28.9 Å². The number of hydrogen-bond acceptors (Lipinski definition) is 3. The van der Waals surface area contributed by atoms with Gasteiger partial charge in [0.2, 0.25) is 0 Å². The second kappa shape index (κ2) is 3.87. The third-order valence-electron chi connectivity index (χ3n) is 1.93. The molecule has 1 rings (SSSR count). The van der Waals surface area contributed by atoms with Crippen molar-refractivity contribution in [2.75, 3.05) is 13.7 Å². The van der Waals surface area contributed by atoms with Crippen molar-refractivity contribution in [2.24, 2.45) is 5.73 Å². The van der Waals surface area contributed by atoms with E-state index < -0.39 is 0 Å². The normalized spacial score (nSPS) is 16.0. The molecule has 2 N–H and O–H groups in total. The number of rotatable bonds is 3. The Morgan fingerprint density at radius 2 is 2.42 bits per heavy atom. The van der Waals surface area contributed by atoms with Crippen LogP contribution in [0.4, 0.5) is 0 Å². The summed E-state index contributed by atoms with van der Waals surface area (Å²) in [6.45, 7) is 2.49. The highest BCUT2D eigenvalue weighted by Crippen LogP contribution is 2.31. The maximum absolute atomic E-state index is 5.63. The quantitative estimate of drug-likeness (QED) is 0.893. The molecule has 1 heterocycles. The second-order valence-electron chi connectivity index (χ2n) is 2.77. The molecule has 0 aliphatic carbocycles. The van der Waals surface area contributed by atoms with E-state index in [-0.39, 0.29) is 5.60 Å². The van der Waals surface area contributed by atoms with E-state index in [1.54, 1.807) is 18.4 Å². The average Bonchev–Trinajstić information content (AvgIpc) is 2.51. The zero-order chi connectivity index (χ0) is 9.19. The van der Waals surface area contributed by atoms with E-state index in [9.17, 15) is 0 Å². The molecule has 68 valence electrons. The van der Waals surface area contributed by atoms with Crippen LogP contribution in [0.5, 0.6) is 0 Å². The Morgan fingerprint density at radius 1 is 1.75 bits per heavy atom. The van der Waals surface area contributed by atoms with Crippen molar-refractivity contribution in [3.05, 3.63) is 20.8 Å². The Kier molecular flexibility index (Phi) is 3.29. The Morgan fingerprint density at radius 3 is 2.75 bits per heavy atom. The van der Waals surface area contributed by atoms with Gasteiger partial charge in [0.25, 0.3) is 0 Å². The van der Waals surface area contributed by atoms with Gasteiger partial charge < -0.3 is 10.5 Å². The summed E-state index contributed by atoms with van der Waals surface area (Å²) in [5, 5.41) is 2.03. The molecule has 0 aromatic carbocycles. The first-order valence-electron chi connectivity index (χ1n) is 3.62. The van der Waals surface area contributed by atoms with Crippen LogP contribution < -0.4 is 5.73 Å². The molecule has 0 aliphatic rings. The van der Waals surface area contributed by atoms with E-state index in [0.29, 0.717) is 6.54 Å². The zero-order valence-corrected chi connectivity index (χ0v) is 9.54. The molecule has 1 aromatic rings. The van der Waals surface area contributed by atoms with Crippen molar-refractivity contribution in [3.63, 3.8) is 0 Å². The minimum atomic E-state index is -0.337.